The summed E-state index contributed by atoms with van der Waals surface area (Å²) in [7, 11) is 0. The fourth-order valence-electron chi connectivity index (χ4n) is 2.64. The molecule has 0 bridgehead atoms. The maximum atomic E-state index is 12.0. The van der Waals surface area contributed by atoms with Crippen molar-refractivity contribution in [2.45, 2.75) is 19.3 Å². The van der Waals surface area contributed by atoms with Gasteiger partial charge in [0.15, 0.2) is 5.82 Å². The minimum atomic E-state index is 0.117. The number of carbonyl (C=O) groups excluding carboxylic acids is 1. The molecule has 2 heterocycles. The predicted octanol–water partition coefficient (Wildman–Crippen LogP) is 3.14. The van der Waals surface area contributed by atoms with Crippen molar-refractivity contribution in [2.24, 2.45) is 5.92 Å². The van der Waals surface area contributed by atoms with Crippen LogP contribution in [0.4, 0.5) is 17.2 Å². The van der Waals surface area contributed by atoms with Crippen molar-refractivity contribution >= 4 is 23.1 Å². The van der Waals surface area contributed by atoms with Gasteiger partial charge in [0.2, 0.25) is 5.91 Å². The van der Waals surface area contributed by atoms with Crippen LogP contribution in [0.25, 0.3) is 5.82 Å². The Balaban J connectivity index is 1.42. The third-order valence-electron chi connectivity index (χ3n) is 4.29. The molecule has 0 spiro atoms. The van der Waals surface area contributed by atoms with Gasteiger partial charge < -0.3 is 10.6 Å². The zero-order chi connectivity index (χ0) is 17.1. The number of nitrogens with one attached hydrogen (secondary N) is 2. The largest absolute Gasteiger partial charge is 0.340 e. The number of aromatic nitrogens is 4. The summed E-state index contributed by atoms with van der Waals surface area (Å²) in [6.07, 6.45) is 8.17. The van der Waals surface area contributed by atoms with Crippen LogP contribution in [0, 0.1) is 5.92 Å². The molecule has 4 rings (SSSR count). The smallest absolute Gasteiger partial charge is 0.227 e. The lowest BCUT2D eigenvalue weighted by Crippen LogP contribution is -2.27. The molecule has 0 saturated heterocycles. The first-order valence-corrected chi connectivity index (χ1v) is 8.28. The maximum absolute atomic E-state index is 12.0. The quantitative estimate of drug-likeness (QED) is 0.749. The number of rotatable bonds is 5. The second kappa shape index (κ2) is 6.72. The average Bonchev–Trinajstić information content (AvgIpc) is 3.10. The molecule has 1 aromatic carbocycles. The molecule has 7 heteroatoms. The van der Waals surface area contributed by atoms with Crippen molar-refractivity contribution < 1.29 is 4.79 Å². The van der Waals surface area contributed by atoms with Crippen molar-refractivity contribution in [2.75, 3.05) is 10.6 Å². The van der Waals surface area contributed by atoms with E-state index in [1.807, 2.05) is 42.6 Å². The summed E-state index contributed by atoms with van der Waals surface area (Å²) in [4.78, 5) is 20.4. The van der Waals surface area contributed by atoms with Crippen LogP contribution in [-0.4, -0.2) is 25.7 Å². The third-order valence-corrected chi connectivity index (χ3v) is 4.29. The molecule has 2 aromatic heterocycles. The molecular weight excluding hydrogens is 316 g/mol. The van der Waals surface area contributed by atoms with Gasteiger partial charge in [0.1, 0.15) is 12.1 Å². The van der Waals surface area contributed by atoms with Crippen LogP contribution in [0.5, 0.6) is 0 Å². The highest BCUT2D eigenvalue weighted by Crippen LogP contribution is 2.28. The zero-order valence-electron chi connectivity index (χ0n) is 13.6. The fourth-order valence-corrected chi connectivity index (χ4v) is 2.64. The van der Waals surface area contributed by atoms with Crippen LogP contribution in [0.15, 0.2) is 55.1 Å². The third kappa shape index (κ3) is 3.50. The van der Waals surface area contributed by atoms with Crippen LogP contribution in [0.1, 0.15) is 19.3 Å². The number of amides is 1. The minimum absolute atomic E-state index is 0.117. The van der Waals surface area contributed by atoms with Crippen molar-refractivity contribution in [3.63, 3.8) is 0 Å². The molecule has 0 atom stereocenters. The first kappa shape index (κ1) is 15.3. The van der Waals surface area contributed by atoms with Gasteiger partial charge in [-0.05, 0) is 43.2 Å². The van der Waals surface area contributed by atoms with E-state index in [0.29, 0.717) is 11.6 Å². The van der Waals surface area contributed by atoms with E-state index >= 15 is 0 Å². The number of anilines is 3. The highest BCUT2D eigenvalue weighted by atomic mass is 16.1. The lowest BCUT2D eigenvalue weighted by atomic mass is 9.85. The Morgan fingerprint density at radius 1 is 1.12 bits per heavy atom. The monoisotopic (exact) mass is 334 g/mol. The van der Waals surface area contributed by atoms with E-state index in [4.69, 9.17) is 0 Å². The van der Waals surface area contributed by atoms with E-state index in [9.17, 15) is 4.79 Å². The van der Waals surface area contributed by atoms with Gasteiger partial charge in [-0.25, -0.2) is 14.6 Å². The zero-order valence-corrected chi connectivity index (χ0v) is 13.6. The van der Waals surface area contributed by atoms with Gasteiger partial charge in [-0.3, -0.25) is 4.79 Å². The highest BCUT2D eigenvalue weighted by molar-refractivity contribution is 5.93. The highest BCUT2D eigenvalue weighted by Gasteiger charge is 2.24. The lowest BCUT2D eigenvalue weighted by Gasteiger charge is -2.24. The summed E-state index contributed by atoms with van der Waals surface area (Å²) in [6.45, 7) is 0. The van der Waals surface area contributed by atoms with E-state index in [2.05, 4.69) is 25.7 Å². The molecule has 7 nitrogen and oxygen atoms in total. The summed E-state index contributed by atoms with van der Waals surface area (Å²) < 4.78 is 1.67. The number of hydrogen-bond donors (Lipinski definition) is 2. The molecule has 1 saturated carbocycles. The van der Waals surface area contributed by atoms with Gasteiger partial charge in [-0.1, -0.05) is 6.42 Å². The predicted molar refractivity (Wildman–Crippen MR) is 94.8 cm³/mol. The van der Waals surface area contributed by atoms with Crippen LogP contribution in [-0.2, 0) is 4.79 Å². The summed E-state index contributed by atoms with van der Waals surface area (Å²) in [6, 6.07) is 11.2. The summed E-state index contributed by atoms with van der Waals surface area (Å²) >= 11 is 0. The van der Waals surface area contributed by atoms with Crippen molar-refractivity contribution in [1.82, 2.24) is 19.7 Å². The molecule has 25 heavy (non-hydrogen) atoms. The van der Waals surface area contributed by atoms with E-state index in [1.165, 1.54) is 6.33 Å². The Morgan fingerprint density at radius 2 is 1.92 bits per heavy atom. The van der Waals surface area contributed by atoms with E-state index in [-0.39, 0.29) is 11.8 Å². The second-order valence-corrected chi connectivity index (χ2v) is 6.03. The second-order valence-electron chi connectivity index (χ2n) is 6.03. The fraction of sp³-hybridized carbons (Fsp3) is 0.222. The molecule has 126 valence electrons. The number of benzene rings is 1. The number of hydrogen-bond acceptors (Lipinski definition) is 5. The van der Waals surface area contributed by atoms with Gasteiger partial charge in [0.05, 0.1) is 0 Å². The van der Waals surface area contributed by atoms with Gasteiger partial charge >= 0.3 is 0 Å². The molecule has 3 aromatic rings. The van der Waals surface area contributed by atoms with Crippen molar-refractivity contribution in [3.05, 3.63) is 55.1 Å². The molecule has 1 amide bonds. The van der Waals surface area contributed by atoms with Crippen LogP contribution in [0.2, 0.25) is 0 Å². The van der Waals surface area contributed by atoms with Crippen molar-refractivity contribution in [1.29, 1.82) is 0 Å². The molecule has 1 aliphatic rings. The van der Waals surface area contributed by atoms with Gasteiger partial charge in [-0.15, -0.1) is 0 Å². The molecule has 0 unspecified atom stereocenters. The van der Waals surface area contributed by atoms with Crippen LogP contribution >= 0.6 is 0 Å². The van der Waals surface area contributed by atoms with E-state index in [0.717, 1.165) is 30.6 Å². The number of nitrogens with zero attached hydrogens (tertiary/aromatic N) is 4. The molecular formula is C18H18N6O. The Morgan fingerprint density at radius 3 is 2.60 bits per heavy atom. The Labute approximate surface area is 145 Å². The maximum Gasteiger partial charge on any atom is 0.227 e. The molecule has 1 fully saturated rings. The topological polar surface area (TPSA) is 84.7 Å². The van der Waals surface area contributed by atoms with E-state index in [1.54, 1.807) is 10.9 Å². The molecule has 2 N–H and O–H groups in total. The van der Waals surface area contributed by atoms with Gasteiger partial charge in [-0.2, -0.15) is 5.10 Å². The minimum Gasteiger partial charge on any atom is -0.340 e. The number of carbonyl (C=O) groups is 1. The van der Waals surface area contributed by atoms with Crippen LogP contribution < -0.4 is 10.6 Å². The average molecular weight is 334 g/mol. The van der Waals surface area contributed by atoms with Gasteiger partial charge in [0, 0.05) is 35.8 Å². The first-order chi connectivity index (χ1) is 12.3. The SMILES string of the molecule is O=C(Nc1ccc(Nc2cc(-n3cccn3)ncn2)cc1)C1CCC1. The normalized spacial score (nSPS) is 13.9. The molecule has 1 aliphatic carbocycles. The van der Waals surface area contributed by atoms with Crippen molar-refractivity contribution in [3.8, 4) is 5.82 Å². The Bertz CT molecular complexity index is 856. The summed E-state index contributed by atoms with van der Waals surface area (Å²) in [5.74, 6) is 1.66. The standard InChI is InChI=1S/C18H18N6O/c25-18(13-3-1-4-13)23-15-7-5-14(6-8-15)22-16-11-17(20-12-19-16)24-10-2-9-21-24/h2,5-13H,1,3-4H2,(H,23,25)(H,19,20,22). The van der Waals surface area contributed by atoms with Gasteiger partial charge in [0.25, 0.3) is 0 Å². The Hall–Kier alpha value is -3.22. The molecule has 0 radical (unpaired) electrons. The van der Waals surface area contributed by atoms with E-state index < -0.39 is 0 Å². The first-order valence-electron chi connectivity index (χ1n) is 8.28. The Kier molecular flexibility index (Phi) is 4.12. The molecule has 0 aliphatic heterocycles. The summed E-state index contributed by atoms with van der Waals surface area (Å²) in [5.41, 5.74) is 1.69. The summed E-state index contributed by atoms with van der Waals surface area (Å²) in [5, 5.41) is 10.3. The van der Waals surface area contributed by atoms with Crippen LogP contribution in [0.3, 0.4) is 0 Å². The lowest BCUT2D eigenvalue weighted by molar-refractivity contribution is -0.122.